The minimum absolute atomic E-state index is 0.423. The molecule has 3 rings (SSSR count). The van der Waals surface area contributed by atoms with Gasteiger partial charge in [0.2, 0.25) is 0 Å². The van der Waals surface area contributed by atoms with Crippen LogP contribution in [-0.2, 0) is 6.61 Å². The van der Waals surface area contributed by atoms with Crippen LogP contribution < -0.4 is 4.74 Å². The van der Waals surface area contributed by atoms with Gasteiger partial charge in [-0.2, -0.15) is 0 Å². The van der Waals surface area contributed by atoms with E-state index >= 15 is 0 Å². The molecule has 0 spiro atoms. The van der Waals surface area contributed by atoms with Crippen LogP contribution in [0.25, 0.3) is 10.2 Å². The van der Waals surface area contributed by atoms with Gasteiger partial charge >= 0.3 is 0 Å². The van der Waals surface area contributed by atoms with E-state index in [1.165, 1.54) is 0 Å². The summed E-state index contributed by atoms with van der Waals surface area (Å²) in [5.74, 6) is 0.728. The van der Waals surface area contributed by atoms with Gasteiger partial charge in [-0.3, -0.25) is 0 Å². The zero-order valence-electron chi connectivity index (χ0n) is 11.8. The summed E-state index contributed by atoms with van der Waals surface area (Å²) >= 11 is 1.64. The lowest BCUT2D eigenvalue weighted by Crippen LogP contribution is -2.02. The Kier molecular flexibility index (Phi) is 4.18. The molecule has 0 aliphatic rings. The normalized spacial score (nSPS) is 12.5. The van der Waals surface area contributed by atoms with Gasteiger partial charge in [-0.1, -0.05) is 37.3 Å². The average molecular weight is 299 g/mol. The van der Waals surface area contributed by atoms with E-state index in [0.717, 1.165) is 26.5 Å². The van der Waals surface area contributed by atoms with Crippen molar-refractivity contribution in [2.75, 3.05) is 0 Å². The summed E-state index contributed by atoms with van der Waals surface area (Å²) in [6.45, 7) is 2.38. The van der Waals surface area contributed by atoms with Gasteiger partial charge in [-0.05, 0) is 24.6 Å². The molecule has 0 radical (unpaired) electrons. The van der Waals surface area contributed by atoms with E-state index < -0.39 is 6.10 Å². The molecule has 0 aliphatic carbocycles. The van der Waals surface area contributed by atoms with Crippen LogP contribution in [0.1, 0.15) is 30.0 Å². The molecule has 1 N–H and O–H groups in total. The summed E-state index contributed by atoms with van der Waals surface area (Å²) in [5.41, 5.74) is 1.84. The van der Waals surface area contributed by atoms with E-state index in [0.29, 0.717) is 13.0 Å². The molecule has 4 heteroatoms. The fourth-order valence-electron chi connectivity index (χ4n) is 2.23. The summed E-state index contributed by atoms with van der Waals surface area (Å²) in [4.78, 5) is 4.55. The van der Waals surface area contributed by atoms with Crippen LogP contribution >= 0.6 is 11.3 Å². The summed E-state index contributed by atoms with van der Waals surface area (Å²) in [6, 6.07) is 15.7. The average Bonchev–Trinajstić information content (AvgIpc) is 2.95. The molecule has 1 aromatic heterocycles. The number of para-hydroxylation sites is 2. The van der Waals surface area contributed by atoms with Crippen LogP contribution in [0.5, 0.6) is 5.75 Å². The first-order chi connectivity index (χ1) is 10.3. The highest BCUT2D eigenvalue weighted by molar-refractivity contribution is 7.18. The number of rotatable bonds is 5. The minimum atomic E-state index is -0.489. The third-order valence-corrected chi connectivity index (χ3v) is 4.36. The smallest absolute Gasteiger partial charge is 0.140 e. The highest BCUT2D eigenvalue weighted by Gasteiger charge is 2.12. The second-order valence-corrected chi connectivity index (χ2v) is 5.94. The maximum atomic E-state index is 10.0. The van der Waals surface area contributed by atoms with Gasteiger partial charge in [0.15, 0.2) is 0 Å². The Balaban J connectivity index is 1.78. The molecule has 3 aromatic rings. The largest absolute Gasteiger partial charge is 0.486 e. The molecular weight excluding hydrogens is 282 g/mol. The maximum absolute atomic E-state index is 10.0. The molecule has 0 saturated heterocycles. The highest BCUT2D eigenvalue weighted by atomic mass is 32.1. The van der Waals surface area contributed by atoms with Crippen LogP contribution in [0.4, 0.5) is 0 Å². The van der Waals surface area contributed by atoms with Crippen LogP contribution in [0, 0.1) is 0 Å². The molecule has 0 aliphatic heterocycles. The number of thiazole rings is 1. The number of hydrogen-bond acceptors (Lipinski definition) is 4. The van der Waals surface area contributed by atoms with E-state index in [-0.39, 0.29) is 0 Å². The first-order valence-corrected chi connectivity index (χ1v) is 7.84. The van der Waals surface area contributed by atoms with Crippen molar-refractivity contribution in [2.45, 2.75) is 26.1 Å². The number of hydrogen-bond donors (Lipinski definition) is 1. The molecule has 3 nitrogen and oxygen atoms in total. The molecule has 0 saturated carbocycles. The molecule has 0 fully saturated rings. The van der Waals surface area contributed by atoms with Gasteiger partial charge < -0.3 is 9.84 Å². The number of benzene rings is 2. The first-order valence-electron chi connectivity index (χ1n) is 7.02. The Morgan fingerprint density at radius 2 is 1.90 bits per heavy atom. The van der Waals surface area contributed by atoms with Gasteiger partial charge in [-0.15, -0.1) is 11.3 Å². The molecule has 1 atom stereocenters. The first kappa shape index (κ1) is 14.0. The van der Waals surface area contributed by atoms with Crippen molar-refractivity contribution < 1.29 is 9.84 Å². The lowest BCUT2D eigenvalue weighted by molar-refractivity contribution is 0.166. The summed E-state index contributed by atoms with van der Waals surface area (Å²) in [7, 11) is 0. The highest BCUT2D eigenvalue weighted by Crippen LogP contribution is 2.28. The summed E-state index contributed by atoms with van der Waals surface area (Å²) in [5, 5.41) is 11.0. The van der Waals surface area contributed by atoms with Gasteiger partial charge in [0, 0.05) is 5.56 Å². The molecule has 108 valence electrons. The van der Waals surface area contributed by atoms with Crippen LogP contribution in [0.15, 0.2) is 48.5 Å². The zero-order chi connectivity index (χ0) is 14.7. The van der Waals surface area contributed by atoms with Crippen molar-refractivity contribution in [1.29, 1.82) is 0 Å². The zero-order valence-corrected chi connectivity index (χ0v) is 12.6. The van der Waals surface area contributed by atoms with E-state index in [1.807, 2.05) is 49.4 Å². The van der Waals surface area contributed by atoms with E-state index in [9.17, 15) is 5.11 Å². The van der Waals surface area contributed by atoms with Gasteiger partial charge in [0.25, 0.3) is 0 Å². The molecule has 0 unspecified atom stereocenters. The molecule has 1 heterocycles. The van der Waals surface area contributed by atoms with Crippen molar-refractivity contribution >= 4 is 21.6 Å². The standard InChI is InChI=1S/C17H17NO2S/c1-2-14(19)12-7-3-5-9-15(12)20-11-17-18-13-8-4-6-10-16(13)21-17/h3-10,14,19H,2,11H2,1H3/t14-/m1/s1. The van der Waals surface area contributed by atoms with E-state index in [4.69, 9.17) is 4.74 Å². The number of aromatic nitrogens is 1. The Morgan fingerprint density at radius 3 is 2.71 bits per heavy atom. The Bertz CT molecular complexity index is 705. The fourth-order valence-corrected chi connectivity index (χ4v) is 3.11. The number of nitrogens with zero attached hydrogens (tertiary/aromatic N) is 1. The van der Waals surface area contributed by atoms with Crippen molar-refractivity contribution in [3.05, 3.63) is 59.1 Å². The second-order valence-electron chi connectivity index (χ2n) is 4.83. The van der Waals surface area contributed by atoms with Gasteiger partial charge in [0.1, 0.15) is 17.4 Å². The summed E-state index contributed by atoms with van der Waals surface area (Å²) < 4.78 is 7.03. The lowest BCUT2D eigenvalue weighted by atomic mass is 10.1. The van der Waals surface area contributed by atoms with Crippen LogP contribution in [0.3, 0.4) is 0 Å². The fraction of sp³-hybridized carbons (Fsp3) is 0.235. The molecule has 21 heavy (non-hydrogen) atoms. The minimum Gasteiger partial charge on any atom is -0.486 e. The maximum Gasteiger partial charge on any atom is 0.140 e. The molecule has 2 aromatic carbocycles. The lowest BCUT2D eigenvalue weighted by Gasteiger charge is -2.14. The number of ether oxygens (including phenoxy) is 1. The van der Waals surface area contributed by atoms with Gasteiger partial charge in [-0.25, -0.2) is 4.98 Å². The third kappa shape index (κ3) is 3.06. The van der Waals surface area contributed by atoms with E-state index in [1.54, 1.807) is 11.3 Å². The Labute approximate surface area is 127 Å². The molecule has 0 amide bonds. The van der Waals surface area contributed by atoms with Crippen LogP contribution in [-0.4, -0.2) is 10.1 Å². The summed E-state index contributed by atoms with van der Waals surface area (Å²) in [6.07, 6.45) is 0.179. The third-order valence-electron chi connectivity index (χ3n) is 3.35. The number of aliphatic hydroxyl groups excluding tert-OH is 1. The monoisotopic (exact) mass is 299 g/mol. The quantitative estimate of drug-likeness (QED) is 0.763. The SMILES string of the molecule is CC[C@@H](O)c1ccccc1OCc1nc2ccccc2s1. The van der Waals surface area contributed by atoms with Crippen molar-refractivity contribution in [2.24, 2.45) is 0 Å². The molecular formula is C17H17NO2S. The van der Waals surface area contributed by atoms with Crippen LogP contribution in [0.2, 0.25) is 0 Å². The number of fused-ring (bicyclic) bond motifs is 1. The Morgan fingerprint density at radius 1 is 1.14 bits per heavy atom. The van der Waals surface area contributed by atoms with Crippen molar-refractivity contribution in [1.82, 2.24) is 4.98 Å². The molecule has 0 bridgehead atoms. The predicted molar refractivity (Wildman–Crippen MR) is 85.6 cm³/mol. The van der Waals surface area contributed by atoms with Crippen molar-refractivity contribution in [3.63, 3.8) is 0 Å². The number of aliphatic hydroxyl groups is 1. The van der Waals surface area contributed by atoms with E-state index in [2.05, 4.69) is 11.1 Å². The topological polar surface area (TPSA) is 42.4 Å². The predicted octanol–water partition coefficient (Wildman–Crippen LogP) is 4.32. The van der Waals surface area contributed by atoms with Crippen molar-refractivity contribution in [3.8, 4) is 5.75 Å². The van der Waals surface area contributed by atoms with Gasteiger partial charge in [0.05, 0.1) is 16.3 Å². The second kappa shape index (κ2) is 6.24. The Hall–Kier alpha value is -1.91.